The van der Waals surface area contributed by atoms with Crippen LogP contribution in [0.2, 0.25) is 0 Å². The third kappa shape index (κ3) is 2.66. The van der Waals surface area contributed by atoms with Gasteiger partial charge in [-0.25, -0.2) is 19.3 Å². The molecule has 8 nitrogen and oxygen atoms in total. The number of carbonyl (C=O) groups excluding carboxylic acids is 1. The molecular formula is C14H11N5O3S. The Bertz CT molecular complexity index is 928. The molecule has 1 amide bonds. The highest BCUT2D eigenvalue weighted by molar-refractivity contribution is 7.11. The Labute approximate surface area is 133 Å². The second kappa shape index (κ2) is 5.13. The largest absolute Gasteiger partial charge is 0.476 e. The highest BCUT2D eigenvalue weighted by atomic mass is 32.1. The lowest BCUT2D eigenvalue weighted by atomic mass is 10.3. The molecule has 0 aromatic carbocycles. The summed E-state index contributed by atoms with van der Waals surface area (Å²) < 4.78 is 1.54. The molecule has 2 N–H and O–H groups in total. The zero-order chi connectivity index (χ0) is 16.0. The average molecular weight is 329 g/mol. The van der Waals surface area contributed by atoms with Crippen molar-refractivity contribution in [3.63, 3.8) is 0 Å². The minimum Gasteiger partial charge on any atom is -0.476 e. The van der Waals surface area contributed by atoms with Crippen molar-refractivity contribution in [2.45, 2.75) is 12.8 Å². The van der Waals surface area contributed by atoms with E-state index in [0.717, 1.165) is 24.2 Å². The number of rotatable bonds is 4. The molecule has 0 unspecified atom stereocenters. The van der Waals surface area contributed by atoms with Crippen molar-refractivity contribution in [3.8, 4) is 11.4 Å². The molecule has 1 saturated carbocycles. The van der Waals surface area contributed by atoms with E-state index in [1.54, 1.807) is 23.7 Å². The van der Waals surface area contributed by atoms with Gasteiger partial charge in [0.1, 0.15) is 11.4 Å². The number of aromatic carboxylic acids is 1. The zero-order valence-corrected chi connectivity index (χ0v) is 12.6. The Balaban J connectivity index is 1.64. The first-order chi connectivity index (χ1) is 11.1. The number of amides is 1. The van der Waals surface area contributed by atoms with Gasteiger partial charge in [0, 0.05) is 11.3 Å². The Hall–Kier alpha value is -2.81. The minimum absolute atomic E-state index is 0.0146. The van der Waals surface area contributed by atoms with E-state index < -0.39 is 5.97 Å². The summed E-state index contributed by atoms with van der Waals surface area (Å²) in [7, 11) is 0. The van der Waals surface area contributed by atoms with Gasteiger partial charge < -0.3 is 10.4 Å². The van der Waals surface area contributed by atoms with Crippen molar-refractivity contribution in [1.82, 2.24) is 19.6 Å². The first-order valence-electron chi connectivity index (χ1n) is 6.96. The number of fused-ring (bicyclic) bond motifs is 1. The van der Waals surface area contributed by atoms with E-state index in [2.05, 4.69) is 20.4 Å². The lowest BCUT2D eigenvalue weighted by Gasteiger charge is -1.97. The normalized spacial score (nSPS) is 14.1. The summed E-state index contributed by atoms with van der Waals surface area (Å²) in [6, 6.07) is 3.46. The molecule has 116 valence electrons. The van der Waals surface area contributed by atoms with Crippen LogP contribution in [0.25, 0.3) is 17.0 Å². The van der Waals surface area contributed by atoms with Crippen LogP contribution in [0.5, 0.6) is 0 Å². The molecule has 4 rings (SSSR count). The molecule has 3 heterocycles. The predicted octanol–water partition coefficient (Wildman–Crippen LogP) is 1.90. The number of carboxylic acids is 1. The summed E-state index contributed by atoms with van der Waals surface area (Å²) >= 11 is 1.05. The zero-order valence-electron chi connectivity index (χ0n) is 11.8. The highest BCUT2D eigenvalue weighted by Crippen LogP contribution is 2.30. The Morgan fingerprint density at radius 1 is 1.26 bits per heavy atom. The van der Waals surface area contributed by atoms with E-state index in [4.69, 9.17) is 5.11 Å². The van der Waals surface area contributed by atoms with E-state index in [9.17, 15) is 9.59 Å². The van der Waals surface area contributed by atoms with Gasteiger partial charge in [0.15, 0.2) is 11.5 Å². The number of thiazole rings is 1. The van der Waals surface area contributed by atoms with E-state index in [1.807, 2.05) is 0 Å². The van der Waals surface area contributed by atoms with E-state index >= 15 is 0 Å². The van der Waals surface area contributed by atoms with Crippen LogP contribution in [0.1, 0.15) is 22.6 Å². The monoisotopic (exact) mass is 329 g/mol. The molecule has 0 radical (unpaired) electrons. The fourth-order valence-corrected chi connectivity index (χ4v) is 2.79. The number of carboxylic acid groups (broad SMARTS) is 1. The topological polar surface area (TPSA) is 109 Å². The SMILES string of the molecule is O=C(O)c1nc(-c2ccc3nc(NC(=O)C4CC4)cn3n2)cs1. The summed E-state index contributed by atoms with van der Waals surface area (Å²) in [6.07, 6.45) is 3.48. The van der Waals surface area contributed by atoms with Gasteiger partial charge in [-0.15, -0.1) is 11.3 Å². The summed E-state index contributed by atoms with van der Waals surface area (Å²) in [5.41, 5.74) is 1.62. The van der Waals surface area contributed by atoms with Crippen LogP contribution in [0.4, 0.5) is 5.82 Å². The van der Waals surface area contributed by atoms with Crippen LogP contribution in [0, 0.1) is 5.92 Å². The standard InChI is InChI=1S/C14H11N5O3S/c20-12(7-1-2-7)17-10-5-19-11(16-10)4-3-8(18-19)9-6-23-13(15-9)14(21)22/h3-7H,1-2H2,(H,17,20)(H,21,22). The molecule has 0 aliphatic heterocycles. The molecular weight excluding hydrogens is 318 g/mol. The number of aromatic nitrogens is 4. The lowest BCUT2D eigenvalue weighted by Crippen LogP contribution is -2.13. The molecule has 1 fully saturated rings. The number of anilines is 1. The van der Waals surface area contributed by atoms with Gasteiger partial charge in [-0.3, -0.25) is 4.79 Å². The average Bonchev–Trinajstić information content (AvgIpc) is 3.11. The van der Waals surface area contributed by atoms with Crippen LogP contribution in [-0.2, 0) is 4.79 Å². The maximum Gasteiger partial charge on any atom is 0.365 e. The van der Waals surface area contributed by atoms with E-state index in [0.29, 0.717) is 22.9 Å². The third-order valence-corrected chi connectivity index (χ3v) is 4.30. The van der Waals surface area contributed by atoms with E-state index in [-0.39, 0.29) is 16.8 Å². The van der Waals surface area contributed by atoms with Crippen LogP contribution in [0.3, 0.4) is 0 Å². The predicted molar refractivity (Wildman–Crippen MR) is 82.4 cm³/mol. The van der Waals surface area contributed by atoms with Crippen LogP contribution in [0.15, 0.2) is 23.7 Å². The summed E-state index contributed by atoms with van der Waals surface area (Å²) in [4.78, 5) is 31.0. The number of nitrogens with zero attached hydrogens (tertiary/aromatic N) is 4. The third-order valence-electron chi connectivity index (χ3n) is 3.47. The molecule has 23 heavy (non-hydrogen) atoms. The second-order valence-corrected chi connectivity index (χ2v) is 6.11. The molecule has 1 aliphatic carbocycles. The van der Waals surface area contributed by atoms with Crippen LogP contribution in [-0.4, -0.2) is 36.6 Å². The van der Waals surface area contributed by atoms with Gasteiger partial charge in [-0.2, -0.15) is 5.10 Å². The summed E-state index contributed by atoms with van der Waals surface area (Å²) in [5, 5.41) is 17.7. The fourth-order valence-electron chi connectivity index (χ4n) is 2.14. The van der Waals surface area contributed by atoms with Crippen LogP contribution >= 0.6 is 11.3 Å². The van der Waals surface area contributed by atoms with Gasteiger partial charge >= 0.3 is 5.97 Å². The maximum atomic E-state index is 11.8. The van der Waals surface area contributed by atoms with Crippen molar-refractivity contribution in [2.24, 2.45) is 5.92 Å². The Morgan fingerprint density at radius 3 is 2.78 bits per heavy atom. The first-order valence-corrected chi connectivity index (χ1v) is 7.84. The summed E-state index contributed by atoms with van der Waals surface area (Å²) in [6.45, 7) is 0. The quantitative estimate of drug-likeness (QED) is 0.756. The van der Waals surface area contributed by atoms with Gasteiger partial charge in [0.25, 0.3) is 0 Å². The fraction of sp³-hybridized carbons (Fsp3) is 0.214. The molecule has 3 aromatic rings. The van der Waals surface area contributed by atoms with Gasteiger partial charge in [-0.1, -0.05) is 0 Å². The molecule has 0 saturated heterocycles. The van der Waals surface area contributed by atoms with Gasteiger partial charge in [-0.05, 0) is 25.0 Å². The summed E-state index contributed by atoms with van der Waals surface area (Å²) in [5.74, 6) is -0.516. The molecule has 1 aliphatic rings. The molecule has 0 spiro atoms. The number of hydrogen-bond acceptors (Lipinski definition) is 6. The first kappa shape index (κ1) is 13.8. The Morgan fingerprint density at radius 2 is 2.09 bits per heavy atom. The van der Waals surface area contributed by atoms with Crippen molar-refractivity contribution < 1.29 is 14.7 Å². The smallest absolute Gasteiger partial charge is 0.365 e. The number of hydrogen-bond donors (Lipinski definition) is 2. The van der Waals surface area contributed by atoms with Crippen molar-refractivity contribution in [3.05, 3.63) is 28.7 Å². The van der Waals surface area contributed by atoms with Gasteiger partial charge in [0.05, 0.1) is 6.20 Å². The van der Waals surface area contributed by atoms with Crippen molar-refractivity contribution in [2.75, 3.05) is 5.32 Å². The lowest BCUT2D eigenvalue weighted by molar-refractivity contribution is -0.117. The van der Waals surface area contributed by atoms with Crippen molar-refractivity contribution in [1.29, 1.82) is 0 Å². The molecule has 0 atom stereocenters. The highest BCUT2D eigenvalue weighted by Gasteiger charge is 2.30. The Kier molecular flexibility index (Phi) is 3.08. The van der Waals surface area contributed by atoms with Crippen LogP contribution < -0.4 is 5.32 Å². The van der Waals surface area contributed by atoms with Gasteiger partial charge in [0.2, 0.25) is 10.9 Å². The minimum atomic E-state index is -1.06. The second-order valence-electron chi connectivity index (χ2n) is 5.25. The molecule has 3 aromatic heterocycles. The van der Waals surface area contributed by atoms with E-state index in [1.165, 1.54) is 4.52 Å². The number of carbonyl (C=O) groups is 2. The molecule has 9 heteroatoms. The number of nitrogens with one attached hydrogen (secondary N) is 1. The van der Waals surface area contributed by atoms with Crippen molar-refractivity contribution >= 4 is 34.7 Å². The molecule has 0 bridgehead atoms. The maximum absolute atomic E-state index is 11.8. The number of imidazole rings is 1.